The molecule has 9 heteroatoms. The normalized spacial score (nSPS) is 19.5. The second kappa shape index (κ2) is 8.01. The molecule has 0 radical (unpaired) electrons. The molecular formula is C21H14Br4O4S. The van der Waals surface area contributed by atoms with Crippen molar-refractivity contribution in [3.05, 3.63) is 88.7 Å². The summed E-state index contributed by atoms with van der Waals surface area (Å²) in [4.78, 5) is 0.154. The van der Waals surface area contributed by atoms with Crippen LogP contribution in [-0.4, -0.2) is 15.5 Å². The number of hydrogen-bond donors (Lipinski definition) is 0. The Morgan fingerprint density at radius 2 is 1.37 bits per heavy atom. The van der Waals surface area contributed by atoms with E-state index in [0.717, 1.165) is 14.5 Å². The molecule has 156 valence electrons. The fraction of sp³-hybridized carbons (Fsp3) is 0.143. The summed E-state index contributed by atoms with van der Waals surface area (Å²) < 4.78 is 40.5. The summed E-state index contributed by atoms with van der Waals surface area (Å²) in [6.07, 6.45) is 0. The number of fused-ring (bicyclic) bond motifs is 1. The van der Waals surface area contributed by atoms with Crippen molar-refractivity contribution in [1.29, 1.82) is 0 Å². The van der Waals surface area contributed by atoms with Gasteiger partial charge in [-0.05, 0) is 85.8 Å². The van der Waals surface area contributed by atoms with Gasteiger partial charge in [0.05, 0.1) is 16.1 Å². The van der Waals surface area contributed by atoms with E-state index in [9.17, 15) is 8.42 Å². The minimum absolute atomic E-state index is 0.154. The van der Waals surface area contributed by atoms with Crippen molar-refractivity contribution in [1.82, 2.24) is 0 Å². The zero-order valence-electron chi connectivity index (χ0n) is 15.7. The van der Waals surface area contributed by atoms with E-state index in [4.69, 9.17) is 8.92 Å². The first-order chi connectivity index (χ1) is 14.1. The second-order valence-corrected chi connectivity index (χ2v) is 11.7. The molecule has 0 saturated heterocycles. The Morgan fingerprint density at radius 3 is 1.90 bits per heavy atom. The molecule has 4 rings (SSSR count). The van der Waals surface area contributed by atoms with Gasteiger partial charge >= 0.3 is 0 Å². The molecule has 0 spiro atoms. The highest BCUT2D eigenvalue weighted by Crippen LogP contribution is 2.53. The molecule has 4 nitrogen and oxygen atoms in total. The van der Waals surface area contributed by atoms with Gasteiger partial charge in [0, 0.05) is 14.5 Å². The average Bonchev–Trinajstić information content (AvgIpc) is 2.94. The molecule has 0 aromatic heterocycles. The third-order valence-electron chi connectivity index (χ3n) is 5.07. The van der Waals surface area contributed by atoms with E-state index in [1.807, 2.05) is 37.3 Å². The average molecular weight is 682 g/mol. The second-order valence-electron chi connectivity index (χ2n) is 6.75. The van der Waals surface area contributed by atoms with Crippen LogP contribution in [0, 0.1) is 6.92 Å². The summed E-state index contributed by atoms with van der Waals surface area (Å²) >= 11 is 14.2. The Kier molecular flexibility index (Phi) is 6.00. The van der Waals surface area contributed by atoms with Gasteiger partial charge in [-0.15, -0.1) is 0 Å². The smallest absolute Gasteiger partial charge is 0.298 e. The number of methoxy groups -OCH3 is 1. The molecule has 30 heavy (non-hydrogen) atoms. The quantitative estimate of drug-likeness (QED) is 0.278. The predicted octanol–water partition coefficient (Wildman–Crippen LogP) is 7.06. The third kappa shape index (κ3) is 3.42. The van der Waals surface area contributed by atoms with Crippen LogP contribution >= 0.6 is 63.7 Å². The van der Waals surface area contributed by atoms with Crippen molar-refractivity contribution in [2.75, 3.05) is 7.11 Å². The minimum atomic E-state index is -3.98. The van der Waals surface area contributed by atoms with Gasteiger partial charge in [-0.3, -0.25) is 0 Å². The Morgan fingerprint density at radius 1 is 0.867 bits per heavy atom. The summed E-state index contributed by atoms with van der Waals surface area (Å²) in [6, 6.07) is 14.3. The van der Waals surface area contributed by atoms with E-state index in [1.54, 1.807) is 25.3 Å². The van der Waals surface area contributed by atoms with E-state index in [0.29, 0.717) is 31.4 Å². The van der Waals surface area contributed by atoms with E-state index in [-0.39, 0.29) is 4.90 Å². The summed E-state index contributed by atoms with van der Waals surface area (Å²) in [5.41, 5.74) is 1.49. The van der Waals surface area contributed by atoms with Crippen molar-refractivity contribution < 1.29 is 17.3 Å². The van der Waals surface area contributed by atoms with Crippen LogP contribution in [0.3, 0.4) is 0 Å². The molecular weight excluding hydrogens is 668 g/mol. The van der Waals surface area contributed by atoms with Crippen molar-refractivity contribution in [2.24, 2.45) is 0 Å². The van der Waals surface area contributed by atoms with Crippen LogP contribution < -0.4 is 4.74 Å². The standard InChI is InChI=1S/C21H14Br4O4S/c1-11-15(22)7-12(8-16(11)23)21(13-9-17(24)20(28-2)18(25)10-13)14-5-3-4-6-19(14)30(26,27)29-21/h3-10H,1-2H3. The highest BCUT2D eigenvalue weighted by Gasteiger charge is 2.51. The lowest BCUT2D eigenvalue weighted by Crippen LogP contribution is -2.30. The Labute approximate surface area is 208 Å². The van der Waals surface area contributed by atoms with Gasteiger partial charge in [0.1, 0.15) is 10.6 Å². The summed E-state index contributed by atoms with van der Waals surface area (Å²) in [7, 11) is -2.41. The lowest BCUT2D eigenvalue weighted by molar-refractivity contribution is 0.180. The molecule has 0 bridgehead atoms. The molecule has 0 saturated carbocycles. The molecule has 1 unspecified atom stereocenters. The number of ether oxygens (including phenoxy) is 1. The zero-order chi connectivity index (χ0) is 21.8. The molecule has 1 aliphatic heterocycles. The SMILES string of the molecule is COc1c(Br)cc(C2(c3cc(Br)c(C)c(Br)c3)OS(=O)(=O)c3ccccc32)cc1Br. The maximum Gasteiger partial charge on any atom is 0.298 e. The van der Waals surface area contributed by atoms with Gasteiger partial charge in [0.15, 0.2) is 5.60 Å². The van der Waals surface area contributed by atoms with Gasteiger partial charge < -0.3 is 4.74 Å². The maximum absolute atomic E-state index is 13.1. The fourth-order valence-corrected chi connectivity index (χ4v) is 7.73. The minimum Gasteiger partial charge on any atom is -0.494 e. The largest absolute Gasteiger partial charge is 0.494 e. The molecule has 1 aliphatic rings. The van der Waals surface area contributed by atoms with Crippen LogP contribution in [0.4, 0.5) is 0 Å². The van der Waals surface area contributed by atoms with Crippen LogP contribution in [0.15, 0.2) is 71.3 Å². The van der Waals surface area contributed by atoms with Crippen molar-refractivity contribution in [2.45, 2.75) is 17.4 Å². The zero-order valence-corrected chi connectivity index (χ0v) is 22.8. The lowest BCUT2D eigenvalue weighted by atomic mass is 9.80. The number of benzene rings is 3. The maximum atomic E-state index is 13.1. The van der Waals surface area contributed by atoms with Crippen LogP contribution in [-0.2, 0) is 19.9 Å². The summed E-state index contributed by atoms with van der Waals surface area (Å²) in [6.45, 7) is 1.96. The molecule has 0 aliphatic carbocycles. The monoisotopic (exact) mass is 678 g/mol. The fourth-order valence-electron chi connectivity index (χ4n) is 3.61. The van der Waals surface area contributed by atoms with Crippen LogP contribution in [0.1, 0.15) is 22.3 Å². The molecule has 0 N–H and O–H groups in total. The topological polar surface area (TPSA) is 52.6 Å². The van der Waals surface area contributed by atoms with Crippen molar-refractivity contribution >= 4 is 73.8 Å². The Hall–Kier alpha value is -0.710. The Bertz CT molecular complexity index is 1240. The number of halogens is 4. The lowest BCUT2D eigenvalue weighted by Gasteiger charge is -2.30. The van der Waals surface area contributed by atoms with E-state index in [1.165, 1.54) is 0 Å². The van der Waals surface area contributed by atoms with Gasteiger partial charge in [-0.2, -0.15) is 8.42 Å². The summed E-state index contributed by atoms with van der Waals surface area (Å²) in [5.74, 6) is 0.606. The highest BCUT2D eigenvalue weighted by molar-refractivity contribution is 9.11. The van der Waals surface area contributed by atoms with Gasteiger partial charge in [-0.1, -0.05) is 50.1 Å². The van der Waals surface area contributed by atoms with E-state index in [2.05, 4.69) is 63.7 Å². The predicted molar refractivity (Wildman–Crippen MR) is 130 cm³/mol. The third-order valence-corrected chi connectivity index (χ3v) is 9.26. The molecule has 3 aromatic carbocycles. The molecule has 0 amide bonds. The van der Waals surface area contributed by atoms with Crippen LogP contribution in [0.2, 0.25) is 0 Å². The molecule has 1 heterocycles. The van der Waals surface area contributed by atoms with Crippen LogP contribution in [0.25, 0.3) is 0 Å². The first-order valence-corrected chi connectivity index (χ1v) is 13.2. The summed E-state index contributed by atoms with van der Waals surface area (Å²) in [5, 5.41) is 0. The first kappa shape index (κ1) is 22.5. The number of hydrogen-bond acceptors (Lipinski definition) is 4. The molecule has 1 atom stereocenters. The van der Waals surface area contributed by atoms with Crippen LogP contribution in [0.5, 0.6) is 5.75 Å². The van der Waals surface area contributed by atoms with E-state index >= 15 is 0 Å². The van der Waals surface area contributed by atoms with Gasteiger partial charge in [0.25, 0.3) is 10.1 Å². The van der Waals surface area contributed by atoms with Gasteiger partial charge in [-0.25, -0.2) is 4.18 Å². The van der Waals surface area contributed by atoms with Crippen molar-refractivity contribution in [3.63, 3.8) is 0 Å². The molecule has 3 aromatic rings. The highest BCUT2D eigenvalue weighted by atomic mass is 79.9. The number of rotatable bonds is 3. The first-order valence-electron chi connectivity index (χ1n) is 8.66. The van der Waals surface area contributed by atoms with Gasteiger partial charge in [0.2, 0.25) is 0 Å². The Balaban J connectivity index is 2.15. The molecule has 0 fully saturated rings. The van der Waals surface area contributed by atoms with E-state index < -0.39 is 15.7 Å². The van der Waals surface area contributed by atoms with Crippen molar-refractivity contribution in [3.8, 4) is 5.75 Å².